The Hall–Kier alpha value is -1.67. The maximum absolute atomic E-state index is 9.15. The first kappa shape index (κ1) is 18.1. The van der Waals surface area contributed by atoms with Crippen LogP contribution < -0.4 is 10.9 Å². The van der Waals surface area contributed by atoms with E-state index in [4.69, 9.17) is 20.1 Å². The number of hydrogen-bond acceptors (Lipinski definition) is 6. The van der Waals surface area contributed by atoms with Crippen molar-refractivity contribution in [2.75, 3.05) is 0 Å². The third kappa shape index (κ3) is 3.95. The Kier molecular flexibility index (Phi) is 5.58. The molecule has 0 aliphatic carbocycles. The van der Waals surface area contributed by atoms with E-state index in [-0.39, 0.29) is 0 Å². The van der Waals surface area contributed by atoms with Crippen molar-refractivity contribution >= 4 is 68.0 Å². The van der Waals surface area contributed by atoms with E-state index < -0.39 is 14.2 Å². The lowest BCUT2D eigenvalue weighted by Crippen LogP contribution is -2.30. The summed E-state index contributed by atoms with van der Waals surface area (Å²) >= 11 is 3.23. The molecule has 4 aromatic rings. The average molecular weight is 370 g/mol. The van der Waals surface area contributed by atoms with E-state index in [0.29, 0.717) is 10.9 Å². The van der Waals surface area contributed by atoms with Gasteiger partial charge >= 0.3 is 14.2 Å². The molecule has 25 heavy (non-hydrogen) atoms. The quantitative estimate of drug-likeness (QED) is 0.403. The lowest BCUT2D eigenvalue weighted by atomic mass is 9.78. The van der Waals surface area contributed by atoms with Crippen LogP contribution in [0.4, 0.5) is 0 Å². The van der Waals surface area contributed by atoms with Crippen LogP contribution in [0.2, 0.25) is 0 Å². The predicted molar refractivity (Wildman–Crippen MR) is 108 cm³/mol. The summed E-state index contributed by atoms with van der Waals surface area (Å²) in [4.78, 5) is 0.969. The molecule has 0 atom stereocenters. The van der Waals surface area contributed by atoms with Gasteiger partial charge in [-0.25, -0.2) is 0 Å². The second-order valence-corrected chi connectivity index (χ2v) is 7.74. The van der Waals surface area contributed by atoms with E-state index in [1.165, 1.54) is 4.70 Å². The highest BCUT2D eigenvalue weighted by atomic mass is 32.1. The van der Waals surface area contributed by atoms with Crippen LogP contribution in [0.3, 0.4) is 0 Å². The molecule has 0 bridgehead atoms. The highest BCUT2D eigenvalue weighted by Crippen LogP contribution is 2.22. The van der Waals surface area contributed by atoms with Crippen molar-refractivity contribution in [3.8, 4) is 0 Å². The molecule has 0 spiro atoms. The molecule has 8 heteroatoms. The lowest BCUT2D eigenvalue weighted by molar-refractivity contribution is 0.424. The zero-order valence-electron chi connectivity index (χ0n) is 13.5. The van der Waals surface area contributed by atoms with Crippen molar-refractivity contribution in [2.45, 2.75) is 6.92 Å². The van der Waals surface area contributed by atoms with Gasteiger partial charge in [-0.3, -0.25) is 0 Å². The molecular weight excluding hydrogens is 354 g/mol. The van der Waals surface area contributed by atoms with E-state index in [0.717, 1.165) is 20.3 Å². The van der Waals surface area contributed by atoms with Crippen molar-refractivity contribution < 1.29 is 20.1 Å². The normalized spacial score (nSPS) is 10.6. The summed E-state index contributed by atoms with van der Waals surface area (Å²) in [5, 5.41) is 40.1. The fourth-order valence-corrected chi connectivity index (χ4v) is 4.52. The molecule has 2 aromatic heterocycles. The monoisotopic (exact) mass is 370 g/mol. The lowest BCUT2D eigenvalue weighted by Gasteiger charge is -1.97. The van der Waals surface area contributed by atoms with Crippen molar-refractivity contribution in [1.82, 2.24) is 0 Å². The van der Waals surface area contributed by atoms with Crippen LogP contribution >= 0.6 is 22.7 Å². The van der Waals surface area contributed by atoms with Crippen LogP contribution in [0, 0.1) is 6.92 Å². The number of aryl methyl sites for hydroxylation is 1. The van der Waals surface area contributed by atoms with Crippen LogP contribution in [-0.2, 0) is 0 Å². The summed E-state index contributed by atoms with van der Waals surface area (Å²) in [7, 11) is -2.73. The Morgan fingerprint density at radius 1 is 0.840 bits per heavy atom. The van der Waals surface area contributed by atoms with Gasteiger partial charge in [0.1, 0.15) is 0 Å². The van der Waals surface area contributed by atoms with Gasteiger partial charge in [-0.05, 0) is 46.7 Å². The number of thiophene rings is 2. The zero-order valence-corrected chi connectivity index (χ0v) is 15.1. The average Bonchev–Trinajstić information content (AvgIpc) is 3.17. The highest BCUT2D eigenvalue weighted by molar-refractivity contribution is 7.20. The maximum atomic E-state index is 9.15. The Bertz CT molecular complexity index is 995. The standard InChI is InChI=1S/C9H9BO2S.C8H7BO2S/c1-6-9(10(11)12)7-4-2-3-5-8(7)13-6;10-9(11)7-1-2-8-6(5-7)3-4-12-8/h2-5,11-12H,1H3;1-5,10-11H. The summed E-state index contributed by atoms with van der Waals surface area (Å²) in [6, 6.07) is 15.1. The fourth-order valence-electron chi connectivity index (χ4n) is 2.65. The Balaban J connectivity index is 0.000000146. The number of rotatable bonds is 2. The summed E-state index contributed by atoms with van der Waals surface area (Å²) in [6.45, 7) is 1.90. The van der Waals surface area contributed by atoms with Crippen molar-refractivity contribution in [3.05, 3.63) is 58.8 Å². The van der Waals surface area contributed by atoms with E-state index >= 15 is 0 Å². The summed E-state index contributed by atoms with van der Waals surface area (Å²) in [5.74, 6) is 0. The van der Waals surface area contributed by atoms with Crippen molar-refractivity contribution in [2.24, 2.45) is 0 Å². The van der Waals surface area contributed by atoms with Crippen LogP contribution in [0.1, 0.15) is 4.88 Å². The SMILES string of the molecule is Cc1sc2ccccc2c1B(O)O.OB(O)c1ccc2sccc2c1. The van der Waals surface area contributed by atoms with Gasteiger partial charge in [0.15, 0.2) is 0 Å². The third-order valence-corrected chi connectivity index (χ3v) is 5.85. The van der Waals surface area contributed by atoms with Crippen molar-refractivity contribution in [3.63, 3.8) is 0 Å². The van der Waals surface area contributed by atoms with Gasteiger partial charge in [0.25, 0.3) is 0 Å². The molecule has 2 heterocycles. The molecule has 126 valence electrons. The van der Waals surface area contributed by atoms with E-state index in [2.05, 4.69) is 0 Å². The number of benzene rings is 2. The van der Waals surface area contributed by atoms with Gasteiger partial charge in [-0.15, -0.1) is 22.7 Å². The largest absolute Gasteiger partial charge is 0.490 e. The molecule has 4 N–H and O–H groups in total. The second-order valence-electron chi connectivity index (χ2n) is 5.53. The van der Waals surface area contributed by atoms with Gasteiger partial charge in [-0.2, -0.15) is 0 Å². The van der Waals surface area contributed by atoms with Gasteiger partial charge in [0, 0.05) is 19.7 Å². The van der Waals surface area contributed by atoms with Crippen molar-refractivity contribution in [1.29, 1.82) is 0 Å². The molecular formula is C17H16B2O4S2. The van der Waals surface area contributed by atoms with Crippen LogP contribution in [-0.4, -0.2) is 34.3 Å². The van der Waals surface area contributed by atoms with Gasteiger partial charge < -0.3 is 20.1 Å². The predicted octanol–water partition coefficient (Wildman–Crippen LogP) is 1.47. The van der Waals surface area contributed by atoms with Gasteiger partial charge in [0.05, 0.1) is 0 Å². The molecule has 0 aliphatic rings. The van der Waals surface area contributed by atoms with Crippen LogP contribution in [0.5, 0.6) is 0 Å². The Morgan fingerprint density at radius 2 is 1.60 bits per heavy atom. The van der Waals surface area contributed by atoms with E-state index in [9.17, 15) is 0 Å². The molecule has 0 fully saturated rings. The molecule has 2 aromatic carbocycles. The number of fused-ring (bicyclic) bond motifs is 2. The Morgan fingerprint density at radius 3 is 2.32 bits per heavy atom. The summed E-state index contributed by atoms with van der Waals surface area (Å²) in [6.07, 6.45) is 0. The zero-order chi connectivity index (χ0) is 18.0. The molecule has 0 aliphatic heterocycles. The van der Waals surface area contributed by atoms with Crippen LogP contribution in [0.15, 0.2) is 53.9 Å². The summed E-state index contributed by atoms with van der Waals surface area (Å²) < 4.78 is 2.27. The minimum Gasteiger partial charge on any atom is -0.423 e. The second kappa shape index (κ2) is 7.70. The molecule has 0 saturated heterocycles. The smallest absolute Gasteiger partial charge is 0.423 e. The Labute approximate surface area is 153 Å². The first-order valence-corrected chi connectivity index (χ1v) is 9.34. The van der Waals surface area contributed by atoms with Gasteiger partial charge in [0.2, 0.25) is 0 Å². The molecule has 0 amide bonds. The fraction of sp³-hybridized carbons (Fsp3) is 0.0588. The molecule has 0 saturated carbocycles. The number of hydrogen-bond donors (Lipinski definition) is 4. The summed E-state index contributed by atoms with van der Waals surface area (Å²) in [5.41, 5.74) is 1.18. The minimum absolute atomic E-state index is 0.543. The van der Waals surface area contributed by atoms with Crippen LogP contribution in [0.25, 0.3) is 20.2 Å². The molecule has 0 radical (unpaired) electrons. The van der Waals surface area contributed by atoms with E-state index in [1.807, 2.05) is 48.7 Å². The molecule has 4 rings (SSSR count). The highest BCUT2D eigenvalue weighted by Gasteiger charge is 2.19. The minimum atomic E-state index is -1.37. The van der Waals surface area contributed by atoms with Gasteiger partial charge in [-0.1, -0.05) is 30.3 Å². The van der Waals surface area contributed by atoms with E-state index in [1.54, 1.807) is 34.8 Å². The first-order valence-electron chi connectivity index (χ1n) is 7.65. The maximum Gasteiger partial charge on any atom is 0.490 e. The topological polar surface area (TPSA) is 80.9 Å². The third-order valence-electron chi connectivity index (χ3n) is 3.85. The molecule has 4 nitrogen and oxygen atoms in total. The first-order chi connectivity index (χ1) is 12.0. The molecule has 0 unspecified atom stereocenters.